The first-order chi connectivity index (χ1) is 9.15. The van der Waals surface area contributed by atoms with Gasteiger partial charge in [0.15, 0.2) is 0 Å². The third-order valence-corrected chi connectivity index (χ3v) is 3.77. The van der Waals surface area contributed by atoms with Gasteiger partial charge in [0.1, 0.15) is 0 Å². The Hall–Kier alpha value is -0.970. The molecule has 108 valence electrons. The third kappa shape index (κ3) is 4.27. The first-order valence-electron chi connectivity index (χ1n) is 7.00. The number of nitrogens with two attached hydrogens (primary N) is 1. The summed E-state index contributed by atoms with van der Waals surface area (Å²) in [5.74, 6) is 0. The van der Waals surface area contributed by atoms with Gasteiger partial charge in [-0.2, -0.15) is 0 Å². The molecule has 0 aliphatic heterocycles. The quantitative estimate of drug-likeness (QED) is 0.782. The SMILES string of the molecule is CCC(C)N(CCOC)C(CN)c1cnccc1C. The second kappa shape index (κ2) is 8.25. The van der Waals surface area contributed by atoms with Crippen molar-refractivity contribution in [3.8, 4) is 0 Å². The molecule has 0 spiro atoms. The highest BCUT2D eigenvalue weighted by molar-refractivity contribution is 5.25. The summed E-state index contributed by atoms with van der Waals surface area (Å²) in [6, 6.07) is 2.73. The van der Waals surface area contributed by atoms with Gasteiger partial charge in [0.2, 0.25) is 0 Å². The van der Waals surface area contributed by atoms with Crippen molar-refractivity contribution in [1.29, 1.82) is 0 Å². The molecule has 2 atom stereocenters. The molecule has 1 aromatic heterocycles. The zero-order valence-corrected chi connectivity index (χ0v) is 12.6. The van der Waals surface area contributed by atoms with Gasteiger partial charge in [-0.1, -0.05) is 6.92 Å². The van der Waals surface area contributed by atoms with Crippen LogP contribution in [0.3, 0.4) is 0 Å². The van der Waals surface area contributed by atoms with Crippen LogP contribution in [0.25, 0.3) is 0 Å². The monoisotopic (exact) mass is 265 g/mol. The van der Waals surface area contributed by atoms with Crippen LogP contribution in [0, 0.1) is 6.92 Å². The molecule has 0 bridgehead atoms. The number of hydrogen-bond acceptors (Lipinski definition) is 4. The molecule has 4 heteroatoms. The van der Waals surface area contributed by atoms with E-state index >= 15 is 0 Å². The number of rotatable bonds is 8. The Morgan fingerprint density at radius 2 is 2.21 bits per heavy atom. The highest BCUT2D eigenvalue weighted by Gasteiger charge is 2.24. The van der Waals surface area contributed by atoms with Gasteiger partial charge in [-0.3, -0.25) is 9.88 Å². The summed E-state index contributed by atoms with van der Waals surface area (Å²) in [6.45, 7) is 8.77. The van der Waals surface area contributed by atoms with Crippen molar-refractivity contribution in [2.45, 2.75) is 39.3 Å². The number of aryl methyl sites for hydroxylation is 1. The molecule has 0 saturated heterocycles. The molecule has 2 N–H and O–H groups in total. The van der Waals surface area contributed by atoms with Gasteiger partial charge in [0, 0.05) is 44.7 Å². The summed E-state index contributed by atoms with van der Waals surface area (Å²) in [5, 5.41) is 0. The number of ether oxygens (including phenoxy) is 1. The fourth-order valence-electron chi connectivity index (χ4n) is 2.38. The maximum Gasteiger partial charge on any atom is 0.0590 e. The lowest BCUT2D eigenvalue weighted by molar-refractivity contribution is 0.0899. The molecule has 1 rings (SSSR count). The van der Waals surface area contributed by atoms with Crippen LogP contribution in [0.4, 0.5) is 0 Å². The zero-order chi connectivity index (χ0) is 14.3. The molecule has 0 aliphatic rings. The Labute approximate surface area is 117 Å². The van der Waals surface area contributed by atoms with E-state index < -0.39 is 0 Å². The van der Waals surface area contributed by atoms with Crippen LogP contribution < -0.4 is 5.73 Å². The van der Waals surface area contributed by atoms with Gasteiger partial charge in [-0.15, -0.1) is 0 Å². The normalized spacial score (nSPS) is 14.6. The second-order valence-corrected chi connectivity index (χ2v) is 4.97. The topological polar surface area (TPSA) is 51.4 Å². The molecule has 1 heterocycles. The Balaban J connectivity index is 2.98. The average Bonchev–Trinajstić information content (AvgIpc) is 2.44. The lowest BCUT2D eigenvalue weighted by atomic mass is 10.0. The number of nitrogens with zero attached hydrogens (tertiary/aromatic N) is 2. The molecule has 0 aromatic carbocycles. The molecular weight excluding hydrogens is 238 g/mol. The van der Waals surface area contributed by atoms with E-state index in [0.29, 0.717) is 12.6 Å². The summed E-state index contributed by atoms with van der Waals surface area (Å²) in [7, 11) is 1.74. The van der Waals surface area contributed by atoms with Crippen molar-refractivity contribution in [2.24, 2.45) is 5.73 Å². The summed E-state index contributed by atoms with van der Waals surface area (Å²) < 4.78 is 5.23. The zero-order valence-electron chi connectivity index (χ0n) is 12.6. The maximum atomic E-state index is 6.03. The van der Waals surface area contributed by atoms with Crippen molar-refractivity contribution in [2.75, 3.05) is 26.8 Å². The molecule has 1 aromatic rings. The number of hydrogen-bond donors (Lipinski definition) is 1. The minimum atomic E-state index is 0.207. The number of pyridine rings is 1. The van der Waals surface area contributed by atoms with Crippen LogP contribution in [0.15, 0.2) is 18.5 Å². The van der Waals surface area contributed by atoms with Crippen molar-refractivity contribution >= 4 is 0 Å². The fraction of sp³-hybridized carbons (Fsp3) is 0.667. The lowest BCUT2D eigenvalue weighted by Crippen LogP contribution is -2.42. The molecule has 0 amide bonds. The van der Waals surface area contributed by atoms with Crippen LogP contribution in [0.5, 0.6) is 0 Å². The van der Waals surface area contributed by atoms with E-state index in [1.54, 1.807) is 7.11 Å². The van der Waals surface area contributed by atoms with E-state index in [1.165, 1.54) is 11.1 Å². The van der Waals surface area contributed by atoms with Crippen LogP contribution in [-0.4, -0.2) is 42.7 Å². The van der Waals surface area contributed by atoms with E-state index in [-0.39, 0.29) is 6.04 Å². The van der Waals surface area contributed by atoms with Gasteiger partial charge in [-0.25, -0.2) is 0 Å². The minimum absolute atomic E-state index is 0.207. The molecule has 0 radical (unpaired) electrons. The molecular formula is C15H27N3O. The summed E-state index contributed by atoms with van der Waals surface area (Å²) >= 11 is 0. The predicted molar refractivity (Wildman–Crippen MR) is 79.1 cm³/mol. The number of methoxy groups -OCH3 is 1. The second-order valence-electron chi connectivity index (χ2n) is 4.97. The average molecular weight is 265 g/mol. The lowest BCUT2D eigenvalue weighted by Gasteiger charge is -2.36. The van der Waals surface area contributed by atoms with Crippen LogP contribution in [0.2, 0.25) is 0 Å². The maximum absolute atomic E-state index is 6.03. The Morgan fingerprint density at radius 1 is 1.47 bits per heavy atom. The summed E-state index contributed by atoms with van der Waals surface area (Å²) in [4.78, 5) is 6.67. The van der Waals surface area contributed by atoms with Crippen LogP contribution >= 0.6 is 0 Å². The summed E-state index contributed by atoms with van der Waals surface area (Å²) in [5.41, 5.74) is 8.50. The van der Waals surface area contributed by atoms with Gasteiger partial charge in [0.25, 0.3) is 0 Å². The van der Waals surface area contributed by atoms with Gasteiger partial charge >= 0.3 is 0 Å². The van der Waals surface area contributed by atoms with E-state index in [9.17, 15) is 0 Å². The van der Waals surface area contributed by atoms with E-state index in [0.717, 1.165) is 19.6 Å². The molecule has 4 nitrogen and oxygen atoms in total. The van der Waals surface area contributed by atoms with E-state index in [4.69, 9.17) is 10.5 Å². The fourth-order valence-corrected chi connectivity index (χ4v) is 2.38. The molecule has 0 aliphatic carbocycles. The van der Waals surface area contributed by atoms with Crippen molar-refractivity contribution in [1.82, 2.24) is 9.88 Å². The molecule has 19 heavy (non-hydrogen) atoms. The van der Waals surface area contributed by atoms with Crippen molar-refractivity contribution < 1.29 is 4.74 Å². The van der Waals surface area contributed by atoms with Crippen molar-refractivity contribution in [3.05, 3.63) is 29.6 Å². The highest BCUT2D eigenvalue weighted by Crippen LogP contribution is 2.24. The highest BCUT2D eigenvalue weighted by atomic mass is 16.5. The minimum Gasteiger partial charge on any atom is -0.383 e. The van der Waals surface area contributed by atoms with Gasteiger partial charge in [-0.05, 0) is 37.5 Å². The third-order valence-electron chi connectivity index (χ3n) is 3.77. The molecule has 0 saturated carbocycles. The molecule has 2 unspecified atom stereocenters. The number of aromatic nitrogens is 1. The van der Waals surface area contributed by atoms with Crippen LogP contribution in [-0.2, 0) is 4.74 Å². The van der Waals surface area contributed by atoms with Crippen LogP contribution in [0.1, 0.15) is 37.4 Å². The first-order valence-corrected chi connectivity index (χ1v) is 7.00. The largest absolute Gasteiger partial charge is 0.383 e. The van der Waals surface area contributed by atoms with Gasteiger partial charge in [0.05, 0.1) is 6.61 Å². The first kappa shape index (κ1) is 16.1. The van der Waals surface area contributed by atoms with E-state index in [2.05, 4.69) is 30.7 Å². The Kier molecular flexibility index (Phi) is 6.99. The Bertz CT molecular complexity index is 370. The standard InChI is InChI=1S/C15H27N3O/c1-5-13(3)18(8-9-19-4)15(10-16)14-11-17-7-6-12(14)2/h6-7,11,13,15H,5,8-10,16H2,1-4H3. The van der Waals surface area contributed by atoms with Crippen molar-refractivity contribution in [3.63, 3.8) is 0 Å². The molecule has 0 fully saturated rings. The van der Waals surface area contributed by atoms with E-state index in [1.807, 2.05) is 18.5 Å². The predicted octanol–water partition coefficient (Wildman–Crippen LogP) is 2.14. The van der Waals surface area contributed by atoms with Gasteiger partial charge < -0.3 is 10.5 Å². The Morgan fingerprint density at radius 3 is 2.74 bits per heavy atom. The summed E-state index contributed by atoms with van der Waals surface area (Å²) in [6.07, 6.45) is 4.86. The smallest absolute Gasteiger partial charge is 0.0590 e.